The lowest BCUT2D eigenvalue weighted by molar-refractivity contribution is 0.599. The van der Waals surface area contributed by atoms with Crippen LogP contribution in [0.2, 0.25) is 0 Å². The predicted molar refractivity (Wildman–Crippen MR) is 132 cm³/mol. The van der Waals surface area contributed by atoms with Gasteiger partial charge in [0.05, 0.1) is 12.8 Å². The van der Waals surface area contributed by atoms with Crippen LogP contribution >= 0.6 is 12.4 Å². The number of halogens is 1. The van der Waals surface area contributed by atoms with Crippen LogP contribution in [0.25, 0.3) is 0 Å². The van der Waals surface area contributed by atoms with Gasteiger partial charge in [0.2, 0.25) is 16.0 Å². The van der Waals surface area contributed by atoms with Crippen LogP contribution in [-0.2, 0) is 29.5 Å². The number of hydrogen-bond donors (Lipinski definition) is 3. The van der Waals surface area contributed by atoms with Crippen molar-refractivity contribution in [1.82, 2.24) is 25.3 Å². The molecule has 33 heavy (non-hydrogen) atoms. The average molecular weight is 491 g/mol. The van der Waals surface area contributed by atoms with Gasteiger partial charge < -0.3 is 16.0 Å². The Morgan fingerprint density at radius 2 is 1.94 bits per heavy atom. The van der Waals surface area contributed by atoms with E-state index in [-0.39, 0.29) is 24.8 Å². The van der Waals surface area contributed by atoms with Gasteiger partial charge in [-0.25, -0.2) is 18.4 Å². The molecule has 3 heterocycles. The first-order valence-corrected chi connectivity index (χ1v) is 12.1. The van der Waals surface area contributed by atoms with Gasteiger partial charge in [-0.1, -0.05) is 6.07 Å². The van der Waals surface area contributed by atoms with Crippen LogP contribution in [0.1, 0.15) is 22.4 Å². The largest absolute Gasteiger partial charge is 0.364 e. The molecular formula is C21H27ClN8O2S. The van der Waals surface area contributed by atoms with Crippen molar-refractivity contribution in [3.05, 3.63) is 59.2 Å². The summed E-state index contributed by atoms with van der Waals surface area (Å²) >= 11 is 0. The molecule has 0 spiro atoms. The van der Waals surface area contributed by atoms with Crippen LogP contribution in [0, 0.1) is 6.92 Å². The van der Waals surface area contributed by atoms with Crippen LogP contribution < -0.4 is 20.3 Å². The number of anilines is 4. The lowest BCUT2D eigenvalue weighted by atomic mass is 10.0. The quantitative estimate of drug-likeness (QED) is 0.457. The number of nitrogens with zero attached hydrogens (tertiary/aromatic N) is 5. The molecule has 10 nitrogen and oxygen atoms in total. The van der Waals surface area contributed by atoms with Crippen molar-refractivity contribution in [3.8, 4) is 0 Å². The van der Waals surface area contributed by atoms with Crippen LogP contribution in [0.3, 0.4) is 0 Å². The molecule has 4 rings (SSSR count). The lowest BCUT2D eigenvalue weighted by Gasteiger charge is -2.19. The molecule has 0 unspecified atom stereocenters. The van der Waals surface area contributed by atoms with E-state index in [1.54, 1.807) is 6.20 Å². The highest BCUT2D eigenvalue weighted by Gasteiger charge is 2.18. The molecule has 0 fully saturated rings. The molecule has 1 aromatic carbocycles. The van der Waals surface area contributed by atoms with Gasteiger partial charge in [0.1, 0.15) is 11.5 Å². The fourth-order valence-corrected chi connectivity index (χ4v) is 3.90. The van der Waals surface area contributed by atoms with Crippen LogP contribution in [0.4, 0.5) is 23.3 Å². The van der Waals surface area contributed by atoms with E-state index in [2.05, 4.69) is 48.0 Å². The van der Waals surface area contributed by atoms with Gasteiger partial charge in [0.25, 0.3) is 0 Å². The summed E-state index contributed by atoms with van der Waals surface area (Å²) in [6.07, 6.45) is 6.85. The number of aromatic nitrogens is 4. The van der Waals surface area contributed by atoms with E-state index in [1.165, 1.54) is 30.6 Å². The molecule has 176 valence electrons. The molecular weight excluding hydrogens is 464 g/mol. The Hall–Kier alpha value is -3.02. The van der Waals surface area contributed by atoms with Gasteiger partial charge in [0, 0.05) is 43.4 Å². The molecule has 0 aliphatic carbocycles. The van der Waals surface area contributed by atoms with Gasteiger partial charge in [-0.3, -0.25) is 9.29 Å². The summed E-state index contributed by atoms with van der Waals surface area (Å²) in [7, 11) is -2.00. The minimum absolute atomic E-state index is 0. The van der Waals surface area contributed by atoms with Gasteiger partial charge in [-0.15, -0.1) is 12.4 Å². The third kappa shape index (κ3) is 5.86. The minimum atomic E-state index is -3.45. The Morgan fingerprint density at radius 3 is 2.73 bits per heavy atom. The van der Waals surface area contributed by atoms with Gasteiger partial charge in [-0.05, 0) is 43.1 Å². The minimum Gasteiger partial charge on any atom is -0.364 e. The van der Waals surface area contributed by atoms with E-state index >= 15 is 0 Å². The van der Waals surface area contributed by atoms with Crippen molar-refractivity contribution in [3.63, 3.8) is 0 Å². The molecule has 1 aliphatic heterocycles. The zero-order valence-electron chi connectivity index (χ0n) is 18.7. The molecule has 0 radical (unpaired) electrons. The summed E-state index contributed by atoms with van der Waals surface area (Å²) in [5.41, 5.74) is 4.92. The number of hydrogen-bond acceptors (Lipinski definition) is 9. The Balaban J connectivity index is 0.00000306. The maximum Gasteiger partial charge on any atom is 0.233 e. The third-order valence-electron chi connectivity index (χ3n) is 5.29. The maximum absolute atomic E-state index is 11.9. The second-order valence-electron chi connectivity index (χ2n) is 7.67. The normalized spacial score (nSPS) is 12.9. The molecule has 3 aromatic rings. The topological polar surface area (TPSA) is 125 Å². The van der Waals surface area contributed by atoms with Crippen molar-refractivity contribution in [2.75, 3.05) is 34.8 Å². The number of rotatable bonds is 7. The second kappa shape index (κ2) is 10.3. The van der Waals surface area contributed by atoms with Crippen LogP contribution in [-0.4, -0.2) is 48.2 Å². The molecule has 2 aromatic heterocycles. The first-order chi connectivity index (χ1) is 15.3. The number of aryl methyl sites for hydroxylation is 1. The van der Waals surface area contributed by atoms with Crippen molar-refractivity contribution in [2.45, 2.75) is 26.4 Å². The monoisotopic (exact) mass is 490 g/mol. The standard InChI is InChI=1S/C21H26N8O2S.ClH/c1-14-11-26-21(27-17-5-4-16-12-22-7-6-15(16)10-17)28-19(14)25-13-18-20(24-9-8-23-18)29(2)32(3,30)31;/h4-5,8-11,22H,6-7,12-13H2,1-3H3,(H2,25,26,27,28);1H. The molecule has 0 amide bonds. The molecule has 3 N–H and O–H groups in total. The molecule has 0 atom stereocenters. The van der Waals surface area contributed by atoms with E-state index in [1.807, 2.05) is 13.0 Å². The zero-order valence-corrected chi connectivity index (χ0v) is 20.3. The van der Waals surface area contributed by atoms with Crippen LogP contribution in [0.5, 0.6) is 0 Å². The number of fused-ring (bicyclic) bond motifs is 1. The highest BCUT2D eigenvalue weighted by molar-refractivity contribution is 7.92. The highest BCUT2D eigenvalue weighted by atomic mass is 35.5. The maximum atomic E-state index is 11.9. The van der Waals surface area contributed by atoms with Gasteiger partial charge >= 0.3 is 0 Å². The molecule has 0 saturated carbocycles. The fraction of sp³-hybridized carbons (Fsp3) is 0.333. The Labute approximate surface area is 199 Å². The summed E-state index contributed by atoms with van der Waals surface area (Å²) < 4.78 is 25.0. The van der Waals surface area contributed by atoms with Gasteiger partial charge in [-0.2, -0.15) is 4.98 Å². The summed E-state index contributed by atoms with van der Waals surface area (Å²) in [6.45, 7) is 4.03. The third-order valence-corrected chi connectivity index (χ3v) is 6.46. The molecule has 0 bridgehead atoms. The zero-order chi connectivity index (χ0) is 22.7. The highest BCUT2D eigenvalue weighted by Crippen LogP contribution is 2.23. The fourth-order valence-electron chi connectivity index (χ4n) is 3.44. The van der Waals surface area contributed by atoms with Crippen molar-refractivity contribution >= 4 is 45.7 Å². The smallest absolute Gasteiger partial charge is 0.233 e. The Morgan fingerprint density at radius 1 is 1.15 bits per heavy atom. The Kier molecular flexibility index (Phi) is 7.67. The summed E-state index contributed by atoms with van der Waals surface area (Å²) in [5.74, 6) is 1.37. The van der Waals surface area contributed by atoms with Crippen molar-refractivity contribution in [1.29, 1.82) is 0 Å². The molecule has 1 aliphatic rings. The first-order valence-electron chi connectivity index (χ1n) is 10.2. The Bertz CT molecular complexity index is 1240. The summed E-state index contributed by atoms with van der Waals surface area (Å²) in [5, 5.41) is 9.87. The van der Waals surface area contributed by atoms with E-state index in [0.717, 1.165) is 41.3 Å². The number of benzene rings is 1. The summed E-state index contributed by atoms with van der Waals surface area (Å²) in [4.78, 5) is 17.5. The van der Waals surface area contributed by atoms with E-state index in [0.29, 0.717) is 17.5 Å². The molecule has 0 saturated heterocycles. The predicted octanol–water partition coefficient (Wildman–Crippen LogP) is 2.39. The summed E-state index contributed by atoms with van der Waals surface area (Å²) in [6, 6.07) is 6.28. The number of nitrogens with one attached hydrogen (secondary N) is 3. The second-order valence-corrected chi connectivity index (χ2v) is 9.68. The lowest BCUT2D eigenvalue weighted by Crippen LogP contribution is -2.27. The average Bonchev–Trinajstić information content (AvgIpc) is 2.78. The van der Waals surface area contributed by atoms with E-state index in [4.69, 9.17) is 0 Å². The SMILES string of the molecule is Cc1cnc(Nc2ccc3c(c2)CCNC3)nc1NCc1nccnc1N(C)S(C)(=O)=O.Cl. The van der Waals surface area contributed by atoms with Crippen molar-refractivity contribution in [2.24, 2.45) is 0 Å². The number of sulfonamides is 1. The first kappa shape index (κ1) is 24.6. The van der Waals surface area contributed by atoms with Crippen molar-refractivity contribution < 1.29 is 8.42 Å². The van der Waals surface area contributed by atoms with E-state index < -0.39 is 10.0 Å². The van der Waals surface area contributed by atoms with Crippen LogP contribution in [0.15, 0.2) is 36.8 Å². The molecule has 12 heteroatoms. The van der Waals surface area contributed by atoms with Gasteiger partial charge in [0.15, 0.2) is 5.82 Å². The van der Waals surface area contributed by atoms with E-state index in [9.17, 15) is 8.42 Å².